The molecule has 144 valence electrons. The molecule has 0 bridgehead atoms. The van der Waals surface area contributed by atoms with Crippen molar-refractivity contribution in [3.05, 3.63) is 59.5 Å². The fourth-order valence-corrected chi connectivity index (χ4v) is 3.23. The maximum absolute atomic E-state index is 12.9. The first-order chi connectivity index (χ1) is 13.1. The summed E-state index contributed by atoms with van der Waals surface area (Å²) in [6, 6.07) is 10.7. The molecule has 1 aliphatic heterocycles. The molecule has 6 nitrogen and oxygen atoms in total. The maximum atomic E-state index is 12.9. The number of fused-ring (bicyclic) bond motifs is 1. The summed E-state index contributed by atoms with van der Waals surface area (Å²) in [6.45, 7) is 5.48. The molecule has 0 saturated carbocycles. The van der Waals surface area contributed by atoms with Gasteiger partial charge in [0.15, 0.2) is 5.76 Å². The highest BCUT2D eigenvalue weighted by Crippen LogP contribution is 2.25. The number of carbonyl (C=O) groups excluding carboxylic acids is 2. The number of ether oxygens (including phenoxy) is 1. The van der Waals surface area contributed by atoms with Crippen molar-refractivity contribution in [1.82, 2.24) is 10.2 Å². The van der Waals surface area contributed by atoms with Crippen LogP contribution in [0.1, 0.15) is 41.9 Å². The van der Waals surface area contributed by atoms with Gasteiger partial charge in [-0.2, -0.15) is 0 Å². The van der Waals surface area contributed by atoms with E-state index in [1.54, 1.807) is 17.0 Å². The van der Waals surface area contributed by atoms with Gasteiger partial charge in [-0.25, -0.2) is 0 Å². The van der Waals surface area contributed by atoms with Crippen LogP contribution in [0.4, 0.5) is 0 Å². The van der Waals surface area contributed by atoms with Crippen molar-refractivity contribution >= 4 is 11.8 Å². The van der Waals surface area contributed by atoms with Crippen molar-refractivity contribution in [2.75, 3.05) is 13.2 Å². The first-order valence-electron chi connectivity index (χ1n) is 9.37. The predicted molar refractivity (Wildman–Crippen MR) is 101 cm³/mol. The van der Waals surface area contributed by atoms with Crippen LogP contribution < -0.4 is 5.32 Å². The zero-order chi connectivity index (χ0) is 19.2. The van der Waals surface area contributed by atoms with Crippen LogP contribution in [0.5, 0.6) is 0 Å². The normalized spacial score (nSPS) is 16.3. The zero-order valence-electron chi connectivity index (χ0n) is 15.8. The van der Waals surface area contributed by atoms with E-state index in [0.29, 0.717) is 26.1 Å². The fraction of sp³-hybridized carbons (Fsp3) is 0.429. The van der Waals surface area contributed by atoms with Crippen molar-refractivity contribution < 1.29 is 18.7 Å². The van der Waals surface area contributed by atoms with Gasteiger partial charge < -0.3 is 19.4 Å². The second kappa shape index (κ2) is 8.86. The van der Waals surface area contributed by atoms with E-state index in [1.807, 2.05) is 38.1 Å². The largest absolute Gasteiger partial charge is 0.459 e. The Morgan fingerprint density at radius 3 is 2.70 bits per heavy atom. The van der Waals surface area contributed by atoms with Crippen LogP contribution in [0.25, 0.3) is 0 Å². The topological polar surface area (TPSA) is 71.8 Å². The minimum Gasteiger partial charge on any atom is -0.459 e. The summed E-state index contributed by atoms with van der Waals surface area (Å²) in [5.41, 5.74) is 2.16. The predicted octanol–water partition coefficient (Wildman–Crippen LogP) is 2.78. The third kappa shape index (κ3) is 4.77. The van der Waals surface area contributed by atoms with Crippen LogP contribution in [0.15, 0.2) is 47.1 Å². The van der Waals surface area contributed by atoms with Crippen molar-refractivity contribution in [2.45, 2.75) is 45.4 Å². The Morgan fingerprint density at radius 2 is 2.00 bits per heavy atom. The van der Waals surface area contributed by atoms with Crippen LogP contribution >= 0.6 is 0 Å². The van der Waals surface area contributed by atoms with Crippen molar-refractivity contribution in [2.24, 2.45) is 0 Å². The summed E-state index contributed by atoms with van der Waals surface area (Å²) in [5, 5.41) is 2.94. The molecule has 0 radical (unpaired) electrons. The lowest BCUT2D eigenvalue weighted by molar-refractivity contribution is -0.126. The molecular weight excluding hydrogens is 344 g/mol. The van der Waals surface area contributed by atoms with Gasteiger partial charge in [0.1, 0.15) is 6.04 Å². The summed E-state index contributed by atoms with van der Waals surface area (Å²) in [6.07, 6.45) is 2.88. The number of nitrogens with one attached hydrogen (secondary N) is 1. The molecule has 1 N–H and O–H groups in total. The molecule has 1 aromatic carbocycles. The number of furan rings is 1. The summed E-state index contributed by atoms with van der Waals surface area (Å²) in [5.74, 6) is -0.163. The molecule has 0 fully saturated rings. The molecule has 1 aliphatic rings. The van der Waals surface area contributed by atoms with Crippen LogP contribution in [-0.2, 0) is 22.5 Å². The van der Waals surface area contributed by atoms with Gasteiger partial charge in [-0.05, 0) is 43.5 Å². The Bertz CT molecular complexity index is 770. The summed E-state index contributed by atoms with van der Waals surface area (Å²) >= 11 is 0. The SMILES string of the molecule is CC(C)OCCCNC(=O)C1Cc2ccccc2CN1C(=O)c1ccco1. The van der Waals surface area contributed by atoms with Crippen LogP contribution in [0.3, 0.4) is 0 Å². The molecule has 1 aromatic heterocycles. The Hall–Kier alpha value is -2.60. The summed E-state index contributed by atoms with van der Waals surface area (Å²) < 4.78 is 10.8. The van der Waals surface area contributed by atoms with Gasteiger partial charge in [0, 0.05) is 26.1 Å². The van der Waals surface area contributed by atoms with Gasteiger partial charge in [-0.1, -0.05) is 24.3 Å². The third-order valence-corrected chi connectivity index (χ3v) is 4.62. The van der Waals surface area contributed by atoms with Crippen LogP contribution in [0, 0.1) is 0 Å². The van der Waals surface area contributed by atoms with Crippen molar-refractivity contribution in [3.8, 4) is 0 Å². The molecule has 2 heterocycles. The first kappa shape index (κ1) is 19.2. The number of benzene rings is 1. The van der Waals surface area contributed by atoms with Crippen LogP contribution in [-0.4, -0.2) is 42.0 Å². The molecule has 2 amide bonds. The van der Waals surface area contributed by atoms with E-state index < -0.39 is 6.04 Å². The molecule has 0 saturated heterocycles. The minimum atomic E-state index is -0.552. The van der Waals surface area contributed by atoms with E-state index in [2.05, 4.69) is 5.32 Å². The lowest BCUT2D eigenvalue weighted by atomic mass is 9.93. The molecule has 3 rings (SSSR count). The molecule has 6 heteroatoms. The number of amides is 2. The minimum absolute atomic E-state index is 0.144. The Morgan fingerprint density at radius 1 is 1.22 bits per heavy atom. The highest BCUT2D eigenvalue weighted by Gasteiger charge is 2.35. The van der Waals surface area contributed by atoms with Gasteiger partial charge in [0.25, 0.3) is 5.91 Å². The number of rotatable bonds is 7. The van der Waals surface area contributed by atoms with Crippen molar-refractivity contribution in [3.63, 3.8) is 0 Å². The molecule has 2 aromatic rings. The lowest BCUT2D eigenvalue weighted by Gasteiger charge is -2.35. The maximum Gasteiger partial charge on any atom is 0.290 e. The average molecular weight is 370 g/mol. The van der Waals surface area contributed by atoms with E-state index in [1.165, 1.54) is 6.26 Å². The number of hydrogen-bond donors (Lipinski definition) is 1. The molecule has 27 heavy (non-hydrogen) atoms. The van der Waals surface area contributed by atoms with E-state index in [4.69, 9.17) is 9.15 Å². The molecule has 0 aliphatic carbocycles. The Labute approximate surface area is 159 Å². The van der Waals surface area contributed by atoms with E-state index in [-0.39, 0.29) is 23.7 Å². The van der Waals surface area contributed by atoms with E-state index >= 15 is 0 Å². The quantitative estimate of drug-likeness (QED) is 0.761. The highest BCUT2D eigenvalue weighted by molar-refractivity contribution is 5.96. The van der Waals surface area contributed by atoms with Gasteiger partial charge in [-0.3, -0.25) is 9.59 Å². The molecule has 1 atom stereocenters. The fourth-order valence-electron chi connectivity index (χ4n) is 3.23. The Balaban J connectivity index is 1.69. The smallest absolute Gasteiger partial charge is 0.290 e. The number of carbonyl (C=O) groups is 2. The average Bonchev–Trinajstić information content (AvgIpc) is 3.20. The molecule has 1 unspecified atom stereocenters. The van der Waals surface area contributed by atoms with Gasteiger partial charge in [-0.15, -0.1) is 0 Å². The first-order valence-corrected chi connectivity index (χ1v) is 9.37. The van der Waals surface area contributed by atoms with Gasteiger partial charge in [0.2, 0.25) is 5.91 Å². The number of hydrogen-bond acceptors (Lipinski definition) is 4. The standard InChI is InChI=1S/C21H26N2O4/c1-15(2)26-12-6-10-22-20(24)18-13-16-7-3-4-8-17(16)14-23(18)21(25)19-9-5-11-27-19/h3-5,7-9,11,15,18H,6,10,12-14H2,1-2H3,(H,22,24). The summed E-state index contributed by atoms with van der Waals surface area (Å²) in [4.78, 5) is 27.3. The third-order valence-electron chi connectivity index (χ3n) is 4.62. The monoisotopic (exact) mass is 370 g/mol. The lowest BCUT2D eigenvalue weighted by Crippen LogP contribution is -2.52. The second-order valence-electron chi connectivity index (χ2n) is 6.96. The number of nitrogens with zero attached hydrogens (tertiary/aromatic N) is 1. The zero-order valence-corrected chi connectivity index (χ0v) is 15.8. The van der Waals surface area contributed by atoms with Gasteiger partial charge >= 0.3 is 0 Å². The highest BCUT2D eigenvalue weighted by atomic mass is 16.5. The van der Waals surface area contributed by atoms with Crippen molar-refractivity contribution in [1.29, 1.82) is 0 Å². The molecule has 0 spiro atoms. The summed E-state index contributed by atoms with van der Waals surface area (Å²) in [7, 11) is 0. The second-order valence-corrected chi connectivity index (χ2v) is 6.96. The van der Waals surface area contributed by atoms with E-state index in [9.17, 15) is 9.59 Å². The van der Waals surface area contributed by atoms with Gasteiger partial charge in [0.05, 0.1) is 12.4 Å². The molecular formula is C21H26N2O4. The van der Waals surface area contributed by atoms with E-state index in [0.717, 1.165) is 17.5 Å². The Kier molecular flexibility index (Phi) is 6.29. The van der Waals surface area contributed by atoms with Crippen LogP contribution in [0.2, 0.25) is 0 Å².